The molecule has 0 radical (unpaired) electrons. The van der Waals surface area contributed by atoms with Gasteiger partial charge in [0.2, 0.25) is 0 Å². The Balaban J connectivity index is 2.45. The van der Waals surface area contributed by atoms with Gasteiger partial charge in [0.1, 0.15) is 0 Å². The quantitative estimate of drug-likeness (QED) is 0.616. The molecule has 0 N–H and O–H groups in total. The zero-order chi connectivity index (χ0) is 8.10. The van der Waals surface area contributed by atoms with Gasteiger partial charge in [0.05, 0.1) is 5.97 Å². The number of carboxylic acids is 1. The van der Waals surface area contributed by atoms with Crippen molar-refractivity contribution >= 4 is 17.7 Å². The van der Waals surface area contributed by atoms with Crippen molar-refractivity contribution in [1.29, 1.82) is 0 Å². The molecule has 0 saturated carbocycles. The molecule has 0 atom stereocenters. The summed E-state index contributed by atoms with van der Waals surface area (Å²) in [6.07, 6.45) is 0. The van der Waals surface area contributed by atoms with Gasteiger partial charge in [-0.05, 0) is 12.1 Å². The van der Waals surface area contributed by atoms with Crippen molar-refractivity contribution in [3.05, 3.63) is 30.3 Å². The van der Waals surface area contributed by atoms with E-state index in [2.05, 4.69) is 0 Å². The fraction of sp³-hybridized carbons (Fsp3) is 0.125. The van der Waals surface area contributed by atoms with Gasteiger partial charge < -0.3 is 9.90 Å². The van der Waals surface area contributed by atoms with E-state index < -0.39 is 5.97 Å². The maximum Gasteiger partial charge on any atom is 0.0517 e. The molecule has 1 aromatic carbocycles. The van der Waals surface area contributed by atoms with Crippen molar-refractivity contribution < 1.29 is 9.90 Å². The summed E-state index contributed by atoms with van der Waals surface area (Å²) in [6.45, 7) is 0. The van der Waals surface area contributed by atoms with Crippen molar-refractivity contribution in [2.75, 3.05) is 5.75 Å². The third-order valence-electron chi connectivity index (χ3n) is 1.10. The number of rotatable bonds is 3. The Labute approximate surface area is 69.2 Å². The number of thioether (sulfide) groups is 1. The molecule has 0 bridgehead atoms. The number of hydrogen-bond acceptors (Lipinski definition) is 3. The summed E-state index contributed by atoms with van der Waals surface area (Å²) in [7, 11) is 0. The van der Waals surface area contributed by atoms with E-state index in [1.807, 2.05) is 30.3 Å². The van der Waals surface area contributed by atoms with Gasteiger partial charge in [-0.2, -0.15) is 0 Å². The molecule has 0 aromatic heterocycles. The molecule has 0 aliphatic rings. The predicted octanol–water partition coefficient (Wildman–Crippen LogP) is 0.529. The van der Waals surface area contributed by atoms with Crippen LogP contribution in [0.4, 0.5) is 0 Å². The standard InChI is InChI=1S/C8H8O2S/c9-8(10)6-11-7-4-2-1-3-5-7/h1-5H,6H2,(H,9,10)/p-1. The highest BCUT2D eigenvalue weighted by Crippen LogP contribution is 2.15. The summed E-state index contributed by atoms with van der Waals surface area (Å²) >= 11 is 1.27. The SMILES string of the molecule is O=C([O-])CSc1ccccc1. The van der Waals surface area contributed by atoms with Crippen LogP contribution in [0.5, 0.6) is 0 Å². The first kappa shape index (κ1) is 8.14. The number of aliphatic carboxylic acids is 1. The predicted molar refractivity (Wildman–Crippen MR) is 42.2 cm³/mol. The summed E-state index contributed by atoms with van der Waals surface area (Å²) in [4.78, 5) is 11.0. The van der Waals surface area contributed by atoms with Gasteiger partial charge >= 0.3 is 0 Å². The third kappa shape index (κ3) is 3.09. The Bertz CT molecular complexity index is 233. The molecule has 0 aliphatic heterocycles. The molecule has 2 nitrogen and oxygen atoms in total. The van der Waals surface area contributed by atoms with Crippen molar-refractivity contribution in [3.8, 4) is 0 Å². The van der Waals surface area contributed by atoms with Gasteiger partial charge in [0.15, 0.2) is 0 Å². The van der Waals surface area contributed by atoms with E-state index in [4.69, 9.17) is 0 Å². The van der Waals surface area contributed by atoms with Crippen molar-refractivity contribution in [3.63, 3.8) is 0 Å². The molecule has 1 rings (SSSR count). The van der Waals surface area contributed by atoms with Crippen molar-refractivity contribution in [1.82, 2.24) is 0 Å². The average Bonchev–Trinajstić information content (AvgIpc) is 2.03. The van der Waals surface area contributed by atoms with E-state index in [9.17, 15) is 9.90 Å². The molecule has 0 fully saturated rings. The van der Waals surface area contributed by atoms with E-state index in [-0.39, 0.29) is 5.75 Å². The zero-order valence-corrected chi connectivity index (χ0v) is 6.64. The zero-order valence-electron chi connectivity index (χ0n) is 5.82. The van der Waals surface area contributed by atoms with Crippen molar-refractivity contribution in [2.45, 2.75) is 4.90 Å². The molecule has 58 valence electrons. The van der Waals surface area contributed by atoms with Crippen LogP contribution in [0.1, 0.15) is 0 Å². The summed E-state index contributed by atoms with van der Waals surface area (Å²) in [5.74, 6) is -1.01. The molecule has 0 aliphatic carbocycles. The lowest BCUT2D eigenvalue weighted by Gasteiger charge is -2.00. The minimum atomic E-state index is -1.03. The Morgan fingerprint density at radius 1 is 1.36 bits per heavy atom. The van der Waals surface area contributed by atoms with Gasteiger partial charge in [-0.25, -0.2) is 0 Å². The number of carbonyl (C=O) groups is 1. The maximum absolute atomic E-state index is 10.0. The molecule has 11 heavy (non-hydrogen) atoms. The molecule has 0 saturated heterocycles. The summed E-state index contributed by atoms with van der Waals surface area (Å²) < 4.78 is 0. The van der Waals surface area contributed by atoms with Crippen LogP contribution in [0.2, 0.25) is 0 Å². The van der Waals surface area contributed by atoms with Crippen LogP contribution in [-0.4, -0.2) is 11.7 Å². The second-order valence-electron chi connectivity index (χ2n) is 1.97. The van der Waals surface area contributed by atoms with Gasteiger partial charge in [0, 0.05) is 10.6 Å². The van der Waals surface area contributed by atoms with Crippen LogP contribution in [0.25, 0.3) is 0 Å². The lowest BCUT2D eigenvalue weighted by atomic mass is 10.4. The second-order valence-corrected chi connectivity index (χ2v) is 3.02. The van der Waals surface area contributed by atoms with E-state index >= 15 is 0 Å². The molecular weight excluding hydrogens is 160 g/mol. The fourth-order valence-corrected chi connectivity index (χ4v) is 1.29. The lowest BCUT2D eigenvalue weighted by molar-refractivity contribution is -0.301. The normalized spacial score (nSPS) is 9.45. The number of hydrogen-bond donors (Lipinski definition) is 0. The highest BCUT2D eigenvalue weighted by atomic mass is 32.2. The number of benzene rings is 1. The Kier molecular flexibility index (Phi) is 2.98. The minimum Gasteiger partial charge on any atom is -0.549 e. The second kappa shape index (κ2) is 4.03. The highest BCUT2D eigenvalue weighted by molar-refractivity contribution is 8.00. The van der Waals surface area contributed by atoms with E-state index in [1.165, 1.54) is 11.8 Å². The van der Waals surface area contributed by atoms with Crippen LogP contribution in [0.15, 0.2) is 35.2 Å². The molecule has 0 spiro atoms. The molecule has 0 amide bonds. The van der Waals surface area contributed by atoms with Crippen LogP contribution in [-0.2, 0) is 4.79 Å². The summed E-state index contributed by atoms with van der Waals surface area (Å²) in [5, 5.41) is 10.0. The van der Waals surface area contributed by atoms with Crippen LogP contribution < -0.4 is 5.11 Å². The maximum atomic E-state index is 10.0. The molecular formula is C8H7O2S-. The van der Waals surface area contributed by atoms with Gasteiger partial charge in [-0.3, -0.25) is 0 Å². The average molecular weight is 167 g/mol. The first-order valence-electron chi connectivity index (χ1n) is 3.17. The number of carbonyl (C=O) groups excluding carboxylic acids is 1. The molecule has 1 aromatic rings. The van der Waals surface area contributed by atoms with E-state index in [0.717, 1.165) is 4.90 Å². The van der Waals surface area contributed by atoms with Crippen LogP contribution >= 0.6 is 11.8 Å². The largest absolute Gasteiger partial charge is 0.549 e. The summed E-state index contributed by atoms with van der Waals surface area (Å²) in [5.41, 5.74) is 0. The van der Waals surface area contributed by atoms with Crippen LogP contribution in [0.3, 0.4) is 0 Å². The van der Waals surface area contributed by atoms with Crippen LogP contribution in [0, 0.1) is 0 Å². The molecule has 0 heterocycles. The monoisotopic (exact) mass is 167 g/mol. The molecule has 3 heteroatoms. The third-order valence-corrected chi connectivity index (χ3v) is 2.09. The van der Waals surface area contributed by atoms with E-state index in [0.29, 0.717) is 0 Å². The van der Waals surface area contributed by atoms with Gasteiger partial charge in [-0.1, -0.05) is 18.2 Å². The Hall–Kier alpha value is -0.960. The first-order valence-corrected chi connectivity index (χ1v) is 4.15. The molecule has 0 unspecified atom stereocenters. The number of carboxylic acid groups (broad SMARTS) is 1. The Morgan fingerprint density at radius 3 is 2.55 bits per heavy atom. The minimum absolute atomic E-state index is 0.0179. The smallest absolute Gasteiger partial charge is 0.0517 e. The topological polar surface area (TPSA) is 40.1 Å². The van der Waals surface area contributed by atoms with E-state index in [1.54, 1.807) is 0 Å². The fourth-order valence-electron chi connectivity index (χ4n) is 0.659. The summed E-state index contributed by atoms with van der Waals surface area (Å²) in [6, 6.07) is 9.37. The van der Waals surface area contributed by atoms with Crippen molar-refractivity contribution in [2.24, 2.45) is 0 Å². The first-order chi connectivity index (χ1) is 5.29. The van der Waals surface area contributed by atoms with Gasteiger partial charge in [0.25, 0.3) is 0 Å². The van der Waals surface area contributed by atoms with Gasteiger partial charge in [-0.15, -0.1) is 11.8 Å². The lowest BCUT2D eigenvalue weighted by Crippen LogP contribution is -2.24. The highest BCUT2D eigenvalue weighted by Gasteiger charge is 1.90. The Morgan fingerprint density at radius 2 is 2.00 bits per heavy atom.